The third kappa shape index (κ3) is 5.25. The molecule has 0 unspecified atom stereocenters. The molecule has 0 aromatic heterocycles. The number of aliphatic hydroxyl groups excluding tert-OH is 1. The number of likely N-dealkylation sites (N-methyl/N-ethyl adjacent to an activating group) is 1. The SMILES string of the molecule is CN(CCc1ccc(Br)cc1)CC1CCC(O)CC1. The highest BCUT2D eigenvalue weighted by Crippen LogP contribution is 2.24. The van der Waals surface area contributed by atoms with Crippen molar-refractivity contribution in [2.24, 2.45) is 5.92 Å². The van der Waals surface area contributed by atoms with E-state index in [1.807, 2.05) is 0 Å². The van der Waals surface area contributed by atoms with Crippen molar-refractivity contribution in [1.29, 1.82) is 0 Å². The largest absolute Gasteiger partial charge is 0.393 e. The third-order valence-electron chi connectivity index (χ3n) is 4.08. The molecule has 19 heavy (non-hydrogen) atoms. The lowest BCUT2D eigenvalue weighted by Gasteiger charge is -2.29. The normalized spacial score (nSPS) is 23.8. The molecule has 1 aliphatic carbocycles. The second kappa shape index (κ2) is 7.41. The third-order valence-corrected chi connectivity index (χ3v) is 4.61. The summed E-state index contributed by atoms with van der Waals surface area (Å²) in [4.78, 5) is 2.43. The van der Waals surface area contributed by atoms with E-state index in [9.17, 15) is 5.11 Å². The number of benzene rings is 1. The van der Waals surface area contributed by atoms with Gasteiger partial charge in [-0.2, -0.15) is 0 Å². The minimum atomic E-state index is -0.0377. The monoisotopic (exact) mass is 325 g/mol. The van der Waals surface area contributed by atoms with E-state index in [-0.39, 0.29) is 6.10 Å². The van der Waals surface area contributed by atoms with Crippen LogP contribution in [0.15, 0.2) is 28.7 Å². The lowest BCUT2D eigenvalue weighted by molar-refractivity contribution is 0.0978. The van der Waals surface area contributed by atoms with Crippen molar-refractivity contribution in [2.45, 2.75) is 38.2 Å². The van der Waals surface area contributed by atoms with E-state index in [0.29, 0.717) is 0 Å². The highest BCUT2D eigenvalue weighted by atomic mass is 79.9. The maximum atomic E-state index is 9.52. The Balaban J connectivity index is 1.69. The smallest absolute Gasteiger partial charge is 0.0540 e. The molecule has 0 bridgehead atoms. The highest BCUT2D eigenvalue weighted by Gasteiger charge is 2.20. The second-order valence-corrected chi connectivity index (χ2v) is 6.73. The van der Waals surface area contributed by atoms with Crippen molar-refractivity contribution in [1.82, 2.24) is 4.90 Å². The maximum Gasteiger partial charge on any atom is 0.0540 e. The second-order valence-electron chi connectivity index (χ2n) is 5.81. The fourth-order valence-electron chi connectivity index (χ4n) is 2.83. The van der Waals surface area contributed by atoms with Gasteiger partial charge >= 0.3 is 0 Å². The fraction of sp³-hybridized carbons (Fsp3) is 0.625. The first kappa shape index (κ1) is 15.0. The van der Waals surface area contributed by atoms with Gasteiger partial charge in [-0.05, 0) is 62.8 Å². The molecule has 1 aromatic rings. The standard InChI is InChI=1S/C16H24BrNO/c1-18(12-14-4-8-16(19)9-5-14)11-10-13-2-6-15(17)7-3-13/h2-3,6-7,14,16,19H,4-5,8-12H2,1H3. The summed E-state index contributed by atoms with van der Waals surface area (Å²) in [6.45, 7) is 2.28. The topological polar surface area (TPSA) is 23.5 Å². The molecule has 1 aromatic carbocycles. The highest BCUT2D eigenvalue weighted by molar-refractivity contribution is 9.10. The van der Waals surface area contributed by atoms with Gasteiger partial charge in [0.15, 0.2) is 0 Å². The van der Waals surface area contributed by atoms with Gasteiger partial charge in [0.2, 0.25) is 0 Å². The summed E-state index contributed by atoms with van der Waals surface area (Å²) in [5.74, 6) is 0.776. The van der Waals surface area contributed by atoms with Crippen molar-refractivity contribution >= 4 is 15.9 Å². The first-order valence-corrected chi connectivity index (χ1v) is 8.04. The Labute approximate surface area is 124 Å². The first-order valence-electron chi connectivity index (χ1n) is 7.24. The predicted molar refractivity (Wildman–Crippen MR) is 83.3 cm³/mol. The van der Waals surface area contributed by atoms with Crippen LogP contribution in [0.25, 0.3) is 0 Å². The van der Waals surface area contributed by atoms with Gasteiger partial charge < -0.3 is 10.0 Å². The fourth-order valence-corrected chi connectivity index (χ4v) is 3.09. The van der Waals surface area contributed by atoms with Crippen LogP contribution in [-0.2, 0) is 6.42 Å². The van der Waals surface area contributed by atoms with E-state index in [1.54, 1.807) is 0 Å². The van der Waals surface area contributed by atoms with Crippen molar-refractivity contribution < 1.29 is 5.11 Å². The summed E-state index contributed by atoms with van der Waals surface area (Å²) in [7, 11) is 2.21. The van der Waals surface area contributed by atoms with Crippen LogP contribution in [0.1, 0.15) is 31.2 Å². The van der Waals surface area contributed by atoms with E-state index >= 15 is 0 Å². The van der Waals surface area contributed by atoms with E-state index in [4.69, 9.17) is 0 Å². The molecule has 0 aliphatic heterocycles. The van der Waals surface area contributed by atoms with Gasteiger partial charge in [-0.15, -0.1) is 0 Å². The zero-order valence-corrected chi connectivity index (χ0v) is 13.3. The Hall–Kier alpha value is -0.380. The molecule has 2 rings (SSSR count). The van der Waals surface area contributed by atoms with Gasteiger partial charge in [0.1, 0.15) is 0 Å². The zero-order chi connectivity index (χ0) is 13.7. The Bertz CT molecular complexity index is 371. The lowest BCUT2D eigenvalue weighted by Crippen LogP contribution is -2.31. The van der Waals surface area contributed by atoms with Crippen LogP contribution in [0.3, 0.4) is 0 Å². The number of nitrogens with zero attached hydrogens (tertiary/aromatic N) is 1. The van der Waals surface area contributed by atoms with Crippen LogP contribution in [0.2, 0.25) is 0 Å². The molecule has 1 N–H and O–H groups in total. The summed E-state index contributed by atoms with van der Waals surface area (Å²) in [6, 6.07) is 8.60. The van der Waals surface area contributed by atoms with Gasteiger partial charge in [-0.3, -0.25) is 0 Å². The zero-order valence-electron chi connectivity index (χ0n) is 11.7. The van der Waals surface area contributed by atoms with Gasteiger partial charge in [0, 0.05) is 17.6 Å². The summed E-state index contributed by atoms with van der Waals surface area (Å²) in [5.41, 5.74) is 1.40. The number of rotatable bonds is 5. The Morgan fingerprint density at radius 3 is 2.42 bits per heavy atom. The van der Waals surface area contributed by atoms with Crippen LogP contribution >= 0.6 is 15.9 Å². The van der Waals surface area contributed by atoms with Gasteiger partial charge in [-0.1, -0.05) is 28.1 Å². The molecule has 0 atom stereocenters. The van der Waals surface area contributed by atoms with Gasteiger partial charge in [0.05, 0.1) is 6.10 Å². The summed E-state index contributed by atoms with van der Waals surface area (Å²) in [6.07, 6.45) is 5.42. The Kier molecular flexibility index (Phi) is 5.86. The quantitative estimate of drug-likeness (QED) is 0.895. The predicted octanol–water partition coefficient (Wildman–Crippen LogP) is 3.47. The lowest BCUT2D eigenvalue weighted by atomic mass is 9.87. The molecular weight excluding hydrogens is 302 g/mol. The molecule has 0 amide bonds. The number of aliphatic hydroxyl groups is 1. The van der Waals surface area contributed by atoms with Crippen molar-refractivity contribution in [3.63, 3.8) is 0 Å². The van der Waals surface area contributed by atoms with E-state index in [1.165, 1.54) is 24.9 Å². The molecule has 0 saturated heterocycles. The molecule has 1 fully saturated rings. The molecular formula is C16H24BrNO. The molecule has 1 aliphatic rings. The first-order chi connectivity index (χ1) is 9.13. The minimum Gasteiger partial charge on any atom is -0.393 e. The average molecular weight is 326 g/mol. The molecule has 0 radical (unpaired) electrons. The van der Waals surface area contributed by atoms with Crippen LogP contribution in [0.5, 0.6) is 0 Å². The van der Waals surface area contributed by atoms with Crippen molar-refractivity contribution in [2.75, 3.05) is 20.1 Å². The molecule has 0 spiro atoms. The van der Waals surface area contributed by atoms with Crippen LogP contribution in [0, 0.1) is 5.92 Å². The van der Waals surface area contributed by atoms with E-state index in [2.05, 4.69) is 52.1 Å². The molecule has 0 heterocycles. The maximum absolute atomic E-state index is 9.52. The number of hydrogen-bond donors (Lipinski definition) is 1. The summed E-state index contributed by atoms with van der Waals surface area (Å²) in [5, 5.41) is 9.52. The van der Waals surface area contributed by atoms with Crippen molar-refractivity contribution in [3.8, 4) is 0 Å². The van der Waals surface area contributed by atoms with Gasteiger partial charge in [-0.25, -0.2) is 0 Å². The summed E-state index contributed by atoms with van der Waals surface area (Å²) >= 11 is 3.47. The van der Waals surface area contributed by atoms with Crippen LogP contribution in [0.4, 0.5) is 0 Å². The number of hydrogen-bond acceptors (Lipinski definition) is 2. The van der Waals surface area contributed by atoms with Crippen LogP contribution < -0.4 is 0 Å². The average Bonchev–Trinajstić information content (AvgIpc) is 2.41. The summed E-state index contributed by atoms with van der Waals surface area (Å²) < 4.78 is 1.14. The minimum absolute atomic E-state index is 0.0377. The molecule has 2 nitrogen and oxygen atoms in total. The van der Waals surface area contributed by atoms with Crippen molar-refractivity contribution in [3.05, 3.63) is 34.3 Å². The van der Waals surface area contributed by atoms with E-state index in [0.717, 1.165) is 36.2 Å². The molecule has 1 saturated carbocycles. The Morgan fingerprint density at radius 2 is 1.79 bits per heavy atom. The Morgan fingerprint density at radius 1 is 1.16 bits per heavy atom. The molecule has 106 valence electrons. The van der Waals surface area contributed by atoms with E-state index < -0.39 is 0 Å². The van der Waals surface area contributed by atoms with Gasteiger partial charge in [0.25, 0.3) is 0 Å². The molecule has 3 heteroatoms. The van der Waals surface area contributed by atoms with Crippen LogP contribution in [-0.4, -0.2) is 36.2 Å². The number of halogens is 1.